The number of aliphatic hydroxyl groups excluding tert-OH is 1. The van der Waals surface area contributed by atoms with Crippen molar-refractivity contribution in [3.05, 3.63) is 40.5 Å². The zero-order valence-electron chi connectivity index (χ0n) is 12.5. The Hall–Kier alpha value is -2.91. The van der Waals surface area contributed by atoms with Gasteiger partial charge in [0.25, 0.3) is 0 Å². The summed E-state index contributed by atoms with van der Waals surface area (Å²) in [4.78, 5) is 22.2. The molecule has 1 amide bonds. The van der Waals surface area contributed by atoms with Gasteiger partial charge in [-0.25, -0.2) is 27.4 Å². The Balaban J connectivity index is 3.55. The van der Waals surface area contributed by atoms with Gasteiger partial charge in [0.05, 0.1) is 18.4 Å². The third-order valence-electron chi connectivity index (χ3n) is 2.63. The van der Waals surface area contributed by atoms with Gasteiger partial charge >= 0.3 is 5.97 Å². The van der Waals surface area contributed by atoms with Crippen molar-refractivity contribution in [3.8, 4) is 0 Å². The topological polar surface area (TPSA) is 79.2 Å². The molecule has 0 aliphatic heterocycles. The Labute approximate surface area is 133 Å². The van der Waals surface area contributed by atoms with Gasteiger partial charge in [0, 0.05) is 7.05 Å². The molecular weight excluding hydrogens is 336 g/mol. The average molecular weight is 348 g/mol. The van der Waals surface area contributed by atoms with Crippen molar-refractivity contribution in [2.24, 2.45) is 5.10 Å². The second-order valence-electron chi connectivity index (χ2n) is 4.25. The molecule has 0 aromatic heterocycles. The Morgan fingerprint density at radius 1 is 1.29 bits per heavy atom. The molecule has 0 aliphatic rings. The van der Waals surface area contributed by atoms with Gasteiger partial charge in [-0.05, 0) is 13.0 Å². The first kappa shape index (κ1) is 19.1. The fraction of sp³-hybridized carbons (Fsp3) is 0.214. The summed E-state index contributed by atoms with van der Waals surface area (Å²) in [5, 5.41) is 14.1. The summed E-state index contributed by atoms with van der Waals surface area (Å²) in [6.45, 7) is 1.29. The number of hydrogen-bond donors (Lipinski definition) is 1. The molecule has 10 heteroatoms. The van der Waals surface area contributed by atoms with Crippen LogP contribution < -0.4 is 0 Å². The van der Waals surface area contributed by atoms with E-state index in [1.54, 1.807) is 0 Å². The number of amides is 1. The lowest BCUT2D eigenvalue weighted by atomic mass is 10.1. The van der Waals surface area contributed by atoms with Crippen LogP contribution in [-0.4, -0.2) is 42.4 Å². The van der Waals surface area contributed by atoms with Crippen molar-refractivity contribution in [1.82, 2.24) is 5.01 Å². The molecule has 1 N–H and O–H groups in total. The third kappa shape index (κ3) is 4.09. The van der Waals surface area contributed by atoms with Crippen LogP contribution in [0.25, 0.3) is 5.76 Å². The molecule has 130 valence electrons. The lowest BCUT2D eigenvalue weighted by Gasteiger charge is -2.09. The molecule has 1 rings (SSSR count). The van der Waals surface area contributed by atoms with E-state index in [0.29, 0.717) is 11.2 Å². The van der Waals surface area contributed by atoms with Gasteiger partial charge in [0.15, 0.2) is 23.3 Å². The number of halogens is 4. The maximum atomic E-state index is 13.7. The molecule has 0 saturated heterocycles. The van der Waals surface area contributed by atoms with Gasteiger partial charge < -0.3 is 9.84 Å². The predicted molar refractivity (Wildman–Crippen MR) is 74.8 cm³/mol. The number of benzene rings is 1. The minimum atomic E-state index is -2.17. The van der Waals surface area contributed by atoms with Crippen molar-refractivity contribution in [2.75, 3.05) is 13.7 Å². The summed E-state index contributed by atoms with van der Waals surface area (Å²) in [5.41, 5.74) is -1.91. The first-order valence-electron chi connectivity index (χ1n) is 6.40. The number of ether oxygens (including phenoxy) is 1. The summed E-state index contributed by atoms with van der Waals surface area (Å²) in [5.74, 6) is -10.4. The zero-order valence-corrected chi connectivity index (χ0v) is 12.5. The van der Waals surface area contributed by atoms with E-state index in [0.717, 1.165) is 0 Å². The van der Waals surface area contributed by atoms with Gasteiger partial charge in [0.1, 0.15) is 11.3 Å². The lowest BCUT2D eigenvalue weighted by molar-refractivity contribution is -0.137. The smallest absolute Gasteiger partial charge is 0.343 e. The first-order chi connectivity index (χ1) is 11.2. The minimum absolute atomic E-state index is 0.137. The molecule has 6 nitrogen and oxygen atoms in total. The van der Waals surface area contributed by atoms with Gasteiger partial charge in [-0.15, -0.1) is 0 Å². The normalized spacial score (nSPS) is 12.1. The van der Waals surface area contributed by atoms with Crippen molar-refractivity contribution < 1.29 is 37.0 Å². The number of aliphatic hydroxyl groups is 1. The first-order valence-corrected chi connectivity index (χ1v) is 6.40. The van der Waals surface area contributed by atoms with Gasteiger partial charge in [-0.3, -0.25) is 4.79 Å². The van der Waals surface area contributed by atoms with E-state index in [2.05, 4.69) is 9.84 Å². The lowest BCUT2D eigenvalue weighted by Crippen LogP contribution is -2.15. The molecule has 0 atom stereocenters. The Morgan fingerprint density at radius 3 is 2.46 bits per heavy atom. The van der Waals surface area contributed by atoms with Gasteiger partial charge in [-0.1, -0.05) is 0 Å². The zero-order chi connectivity index (χ0) is 18.4. The monoisotopic (exact) mass is 348 g/mol. The van der Waals surface area contributed by atoms with E-state index in [-0.39, 0.29) is 19.1 Å². The van der Waals surface area contributed by atoms with Crippen LogP contribution >= 0.6 is 0 Å². The molecule has 0 saturated carbocycles. The second kappa shape index (κ2) is 8.09. The fourth-order valence-electron chi connectivity index (χ4n) is 1.49. The molecule has 1 aromatic rings. The summed E-state index contributed by atoms with van der Waals surface area (Å²) in [6.07, 6.45) is 0.870. The largest absolute Gasteiger partial charge is 0.506 e. The number of hydrazone groups is 1. The van der Waals surface area contributed by atoms with Crippen LogP contribution in [0.5, 0.6) is 0 Å². The number of carbonyl (C=O) groups excluding carboxylic acids is 2. The summed E-state index contributed by atoms with van der Waals surface area (Å²) in [7, 11) is 1.18. The van der Waals surface area contributed by atoms with E-state index >= 15 is 0 Å². The molecule has 0 heterocycles. The maximum absolute atomic E-state index is 13.7. The molecule has 0 aliphatic carbocycles. The highest BCUT2D eigenvalue weighted by atomic mass is 19.2. The average Bonchev–Trinajstić information content (AvgIpc) is 2.56. The molecule has 24 heavy (non-hydrogen) atoms. The van der Waals surface area contributed by atoms with Gasteiger partial charge in [0.2, 0.25) is 6.41 Å². The van der Waals surface area contributed by atoms with Crippen LogP contribution in [-0.2, 0) is 14.3 Å². The number of nitrogens with zero attached hydrogens (tertiary/aromatic N) is 2. The van der Waals surface area contributed by atoms with E-state index in [9.17, 15) is 32.3 Å². The third-order valence-corrected chi connectivity index (χ3v) is 2.63. The Bertz CT molecular complexity index is 719. The quantitative estimate of drug-likeness (QED) is 0.0983. The number of rotatable bonds is 6. The SMILES string of the molecule is CCOC(=O)C(/C=N/N(C)C=O)=C(/O)c1cc(F)c(F)c(F)c1F. The number of carbonyl (C=O) groups is 2. The van der Waals surface area contributed by atoms with E-state index in [1.165, 1.54) is 14.0 Å². The predicted octanol–water partition coefficient (Wildman–Crippen LogP) is 2.15. The van der Waals surface area contributed by atoms with E-state index < -0.39 is 46.1 Å². The number of hydrogen-bond acceptors (Lipinski definition) is 5. The maximum Gasteiger partial charge on any atom is 0.343 e. The highest BCUT2D eigenvalue weighted by Crippen LogP contribution is 2.25. The van der Waals surface area contributed by atoms with Crippen LogP contribution in [0.15, 0.2) is 16.7 Å². The van der Waals surface area contributed by atoms with Crippen molar-refractivity contribution in [3.63, 3.8) is 0 Å². The van der Waals surface area contributed by atoms with Gasteiger partial charge in [-0.2, -0.15) is 5.10 Å². The van der Waals surface area contributed by atoms with E-state index in [4.69, 9.17) is 0 Å². The van der Waals surface area contributed by atoms with Crippen molar-refractivity contribution in [1.29, 1.82) is 0 Å². The van der Waals surface area contributed by atoms with E-state index in [1.807, 2.05) is 0 Å². The van der Waals surface area contributed by atoms with Crippen LogP contribution in [0, 0.1) is 23.3 Å². The minimum Gasteiger partial charge on any atom is -0.506 e. The molecule has 0 bridgehead atoms. The fourth-order valence-corrected chi connectivity index (χ4v) is 1.49. The molecular formula is C14H12F4N2O4. The van der Waals surface area contributed by atoms with Crippen LogP contribution in [0.3, 0.4) is 0 Å². The Morgan fingerprint density at radius 2 is 1.92 bits per heavy atom. The van der Waals surface area contributed by atoms with Crippen molar-refractivity contribution in [2.45, 2.75) is 6.92 Å². The van der Waals surface area contributed by atoms with Crippen LogP contribution in [0.4, 0.5) is 17.6 Å². The molecule has 0 fully saturated rings. The standard InChI is InChI=1S/C14H12F4N2O4/c1-3-24-14(23)8(5-19-20(2)6-21)13(22)7-4-9(15)11(17)12(18)10(7)16/h4-6,22H,3H2,1-2H3/b13-8+,19-5+. The highest BCUT2D eigenvalue weighted by molar-refractivity contribution is 6.15. The summed E-state index contributed by atoms with van der Waals surface area (Å²) >= 11 is 0. The van der Waals surface area contributed by atoms with Crippen molar-refractivity contribution >= 4 is 24.4 Å². The number of esters is 1. The highest BCUT2D eigenvalue weighted by Gasteiger charge is 2.25. The Kier molecular flexibility index (Phi) is 6.45. The molecule has 1 aromatic carbocycles. The molecule has 0 unspecified atom stereocenters. The summed E-state index contributed by atoms with van der Waals surface area (Å²) < 4.78 is 57.8. The van der Waals surface area contributed by atoms with Crippen LogP contribution in [0.1, 0.15) is 12.5 Å². The summed E-state index contributed by atoms with van der Waals surface area (Å²) in [6, 6.07) is 0.166. The van der Waals surface area contributed by atoms with Crippen LogP contribution in [0.2, 0.25) is 0 Å². The second-order valence-corrected chi connectivity index (χ2v) is 4.25. The molecule has 0 spiro atoms. The molecule has 0 radical (unpaired) electrons.